The number of benzene rings is 1. The Morgan fingerprint density at radius 2 is 1.95 bits per heavy atom. The lowest BCUT2D eigenvalue weighted by Gasteiger charge is -2.30. The van der Waals surface area contributed by atoms with Crippen LogP contribution >= 0.6 is 12.2 Å². The van der Waals surface area contributed by atoms with Gasteiger partial charge in [0.25, 0.3) is 0 Å². The number of nitrogens with one attached hydrogen (secondary N) is 2. The second-order valence-corrected chi connectivity index (χ2v) is 5.82. The van der Waals surface area contributed by atoms with Gasteiger partial charge in [0, 0.05) is 18.8 Å². The number of hydrogen-bond donors (Lipinski definition) is 2. The standard InChI is InChI=1S/C15H22FN3S/c1-12-6-9-19(10-7-12)11-8-17-15(20)18-14-4-2-13(16)3-5-14/h2-5,12H,6-11H2,1H3,(H2,17,18,20). The van der Waals surface area contributed by atoms with E-state index in [2.05, 4.69) is 22.5 Å². The molecule has 0 atom stereocenters. The van der Waals surface area contributed by atoms with Crippen LogP contribution in [0.2, 0.25) is 0 Å². The maximum Gasteiger partial charge on any atom is 0.170 e. The van der Waals surface area contributed by atoms with Gasteiger partial charge in [-0.1, -0.05) is 6.92 Å². The largest absolute Gasteiger partial charge is 0.361 e. The topological polar surface area (TPSA) is 27.3 Å². The summed E-state index contributed by atoms with van der Waals surface area (Å²) in [6, 6.07) is 6.18. The van der Waals surface area contributed by atoms with Gasteiger partial charge >= 0.3 is 0 Å². The highest BCUT2D eigenvalue weighted by Gasteiger charge is 2.14. The van der Waals surface area contributed by atoms with Gasteiger partial charge in [-0.15, -0.1) is 0 Å². The Hall–Kier alpha value is -1.20. The number of rotatable bonds is 4. The molecule has 0 unspecified atom stereocenters. The zero-order valence-corrected chi connectivity index (χ0v) is 12.7. The lowest BCUT2D eigenvalue weighted by atomic mass is 9.99. The molecule has 0 amide bonds. The molecule has 0 bridgehead atoms. The van der Waals surface area contributed by atoms with E-state index in [4.69, 9.17) is 12.2 Å². The number of nitrogens with zero attached hydrogens (tertiary/aromatic N) is 1. The van der Waals surface area contributed by atoms with Gasteiger partial charge in [-0.05, 0) is 68.3 Å². The Bertz CT molecular complexity index is 427. The van der Waals surface area contributed by atoms with Crippen LogP contribution in [0.5, 0.6) is 0 Å². The van der Waals surface area contributed by atoms with E-state index in [1.807, 2.05) is 0 Å². The van der Waals surface area contributed by atoms with Gasteiger partial charge in [-0.3, -0.25) is 0 Å². The molecule has 1 saturated heterocycles. The minimum Gasteiger partial charge on any atom is -0.361 e. The maximum absolute atomic E-state index is 12.8. The number of hydrogen-bond acceptors (Lipinski definition) is 2. The summed E-state index contributed by atoms with van der Waals surface area (Å²) < 4.78 is 12.8. The lowest BCUT2D eigenvalue weighted by molar-refractivity contribution is 0.195. The van der Waals surface area contributed by atoms with Gasteiger partial charge in [0.05, 0.1) is 0 Å². The van der Waals surface area contributed by atoms with Gasteiger partial charge in [0.2, 0.25) is 0 Å². The highest BCUT2D eigenvalue weighted by atomic mass is 32.1. The van der Waals surface area contributed by atoms with Crippen LogP contribution in [-0.4, -0.2) is 36.2 Å². The zero-order chi connectivity index (χ0) is 14.4. The SMILES string of the molecule is CC1CCN(CCNC(=S)Nc2ccc(F)cc2)CC1. The van der Waals surface area contributed by atoms with Crippen molar-refractivity contribution in [3.8, 4) is 0 Å². The summed E-state index contributed by atoms with van der Waals surface area (Å²) in [5.74, 6) is 0.620. The lowest BCUT2D eigenvalue weighted by Crippen LogP contribution is -2.40. The summed E-state index contributed by atoms with van der Waals surface area (Å²) in [4.78, 5) is 2.47. The van der Waals surface area contributed by atoms with Gasteiger partial charge in [0.1, 0.15) is 5.82 Å². The monoisotopic (exact) mass is 295 g/mol. The van der Waals surface area contributed by atoms with Crippen LogP contribution in [0.25, 0.3) is 0 Å². The van der Waals surface area contributed by atoms with Crippen LogP contribution in [0.1, 0.15) is 19.8 Å². The molecule has 0 radical (unpaired) electrons. The highest BCUT2D eigenvalue weighted by Crippen LogP contribution is 2.15. The number of halogens is 1. The van der Waals surface area contributed by atoms with E-state index < -0.39 is 0 Å². The Balaban J connectivity index is 1.64. The molecule has 1 aliphatic heterocycles. The molecule has 20 heavy (non-hydrogen) atoms. The summed E-state index contributed by atoms with van der Waals surface area (Å²) in [6.45, 7) is 6.53. The van der Waals surface area contributed by atoms with Crippen molar-refractivity contribution >= 4 is 23.0 Å². The summed E-state index contributed by atoms with van der Waals surface area (Å²) in [5.41, 5.74) is 0.802. The smallest absolute Gasteiger partial charge is 0.170 e. The molecule has 2 N–H and O–H groups in total. The highest BCUT2D eigenvalue weighted by molar-refractivity contribution is 7.80. The summed E-state index contributed by atoms with van der Waals surface area (Å²) in [6.07, 6.45) is 2.58. The van der Waals surface area contributed by atoms with Crippen molar-refractivity contribution in [2.75, 3.05) is 31.5 Å². The van der Waals surface area contributed by atoms with E-state index in [1.54, 1.807) is 12.1 Å². The summed E-state index contributed by atoms with van der Waals surface area (Å²) in [7, 11) is 0. The molecule has 1 fully saturated rings. The van der Waals surface area contributed by atoms with Gasteiger partial charge in [-0.2, -0.15) is 0 Å². The fourth-order valence-electron chi connectivity index (χ4n) is 2.32. The normalized spacial score (nSPS) is 16.9. The maximum atomic E-state index is 12.8. The van der Waals surface area contributed by atoms with Crippen molar-refractivity contribution < 1.29 is 4.39 Å². The molecule has 2 rings (SSSR count). The third kappa shape index (κ3) is 5.06. The third-order valence-corrected chi connectivity index (χ3v) is 3.94. The van der Waals surface area contributed by atoms with Gasteiger partial charge < -0.3 is 15.5 Å². The van der Waals surface area contributed by atoms with Crippen LogP contribution < -0.4 is 10.6 Å². The Labute approximate surface area is 125 Å². The molecule has 0 spiro atoms. The minimum absolute atomic E-state index is 0.242. The molecule has 1 aliphatic rings. The van der Waals surface area contributed by atoms with E-state index in [0.717, 1.165) is 24.7 Å². The molecular weight excluding hydrogens is 273 g/mol. The molecule has 0 aromatic heterocycles. The molecule has 0 saturated carbocycles. The molecule has 110 valence electrons. The van der Waals surface area contributed by atoms with Crippen LogP contribution in [-0.2, 0) is 0 Å². The first-order chi connectivity index (χ1) is 9.63. The molecule has 1 aromatic rings. The Morgan fingerprint density at radius 1 is 1.30 bits per heavy atom. The fraction of sp³-hybridized carbons (Fsp3) is 0.533. The van der Waals surface area contributed by atoms with Crippen LogP contribution in [0.15, 0.2) is 24.3 Å². The van der Waals surface area contributed by atoms with Crippen molar-refractivity contribution in [1.29, 1.82) is 0 Å². The average Bonchev–Trinajstić information content (AvgIpc) is 2.44. The van der Waals surface area contributed by atoms with Gasteiger partial charge in [0.15, 0.2) is 5.11 Å². The predicted octanol–water partition coefficient (Wildman–Crippen LogP) is 2.84. The summed E-state index contributed by atoms with van der Waals surface area (Å²) in [5, 5.41) is 6.82. The Kier molecular flexibility index (Phi) is 5.73. The first-order valence-electron chi connectivity index (χ1n) is 7.16. The Morgan fingerprint density at radius 3 is 2.60 bits per heavy atom. The first kappa shape index (κ1) is 15.2. The quantitative estimate of drug-likeness (QED) is 0.835. The first-order valence-corrected chi connectivity index (χ1v) is 7.57. The van der Waals surface area contributed by atoms with E-state index in [1.165, 1.54) is 38.1 Å². The number of anilines is 1. The van der Waals surface area contributed by atoms with Crippen molar-refractivity contribution in [1.82, 2.24) is 10.2 Å². The summed E-state index contributed by atoms with van der Waals surface area (Å²) >= 11 is 5.22. The third-order valence-electron chi connectivity index (χ3n) is 3.69. The van der Waals surface area contributed by atoms with Crippen molar-refractivity contribution in [2.24, 2.45) is 5.92 Å². The molecule has 5 heteroatoms. The fourth-order valence-corrected chi connectivity index (χ4v) is 2.54. The van der Waals surface area contributed by atoms with Crippen molar-refractivity contribution in [3.05, 3.63) is 30.1 Å². The molecule has 1 heterocycles. The van der Waals surface area contributed by atoms with Crippen LogP contribution in [0.4, 0.5) is 10.1 Å². The van der Waals surface area contributed by atoms with E-state index in [0.29, 0.717) is 5.11 Å². The molecule has 0 aliphatic carbocycles. The zero-order valence-electron chi connectivity index (χ0n) is 11.9. The van der Waals surface area contributed by atoms with Crippen LogP contribution in [0, 0.1) is 11.7 Å². The van der Waals surface area contributed by atoms with E-state index in [-0.39, 0.29) is 5.82 Å². The molecule has 3 nitrogen and oxygen atoms in total. The second kappa shape index (κ2) is 7.55. The number of likely N-dealkylation sites (tertiary alicyclic amines) is 1. The average molecular weight is 295 g/mol. The van der Waals surface area contributed by atoms with E-state index in [9.17, 15) is 4.39 Å². The number of thiocarbonyl (C=S) groups is 1. The minimum atomic E-state index is -0.242. The molecular formula is C15H22FN3S. The predicted molar refractivity (Wildman–Crippen MR) is 85.5 cm³/mol. The number of piperidine rings is 1. The second-order valence-electron chi connectivity index (χ2n) is 5.41. The van der Waals surface area contributed by atoms with Crippen LogP contribution in [0.3, 0.4) is 0 Å². The van der Waals surface area contributed by atoms with Crippen molar-refractivity contribution in [2.45, 2.75) is 19.8 Å². The van der Waals surface area contributed by atoms with Gasteiger partial charge in [-0.25, -0.2) is 4.39 Å². The molecule has 1 aromatic carbocycles. The van der Waals surface area contributed by atoms with E-state index >= 15 is 0 Å². The van der Waals surface area contributed by atoms with Crippen molar-refractivity contribution in [3.63, 3.8) is 0 Å².